The summed E-state index contributed by atoms with van der Waals surface area (Å²) in [5.74, 6) is -0.177. The summed E-state index contributed by atoms with van der Waals surface area (Å²) >= 11 is 0. The number of nitrogens with two attached hydrogens (primary N) is 1. The molecule has 0 aliphatic carbocycles. The number of amides is 1. The number of hydrogen-bond acceptors (Lipinski definition) is 2. The summed E-state index contributed by atoms with van der Waals surface area (Å²) in [5, 5.41) is 0. The molecule has 0 spiro atoms. The van der Waals surface area contributed by atoms with Crippen LogP contribution in [0, 0.1) is 0 Å². The lowest BCUT2D eigenvalue weighted by atomic mass is 10.0. The quantitative estimate of drug-likeness (QED) is 0.212. The number of primary amides is 1. The molecule has 3 nitrogen and oxygen atoms in total. The predicted octanol–water partition coefficient (Wildman–Crippen LogP) is 7.04. The van der Waals surface area contributed by atoms with Crippen molar-refractivity contribution in [2.45, 2.75) is 89.6 Å². The summed E-state index contributed by atoms with van der Waals surface area (Å²) < 4.78 is 5.63. The third kappa shape index (κ3) is 14.7. The Labute approximate surface area is 178 Å². The molecule has 1 aromatic rings. The second-order valence-corrected chi connectivity index (χ2v) is 7.72. The molecule has 1 rings (SSSR count). The van der Waals surface area contributed by atoms with Crippen molar-refractivity contribution in [2.75, 3.05) is 7.11 Å². The first-order chi connectivity index (χ1) is 14.2. The van der Waals surface area contributed by atoms with Crippen molar-refractivity contribution in [2.24, 2.45) is 5.73 Å². The van der Waals surface area contributed by atoms with Gasteiger partial charge in [0.2, 0.25) is 5.91 Å². The third-order valence-electron chi connectivity index (χ3n) is 5.19. The van der Waals surface area contributed by atoms with Gasteiger partial charge in [0, 0.05) is 13.5 Å². The first-order valence-corrected chi connectivity index (χ1v) is 11.4. The van der Waals surface area contributed by atoms with Gasteiger partial charge in [0.1, 0.15) is 0 Å². The second kappa shape index (κ2) is 18.2. The zero-order chi connectivity index (χ0) is 21.0. The van der Waals surface area contributed by atoms with Crippen molar-refractivity contribution in [1.82, 2.24) is 0 Å². The van der Waals surface area contributed by atoms with Gasteiger partial charge in [-0.05, 0) is 50.5 Å². The Balaban J connectivity index is 1.91. The van der Waals surface area contributed by atoms with Gasteiger partial charge in [-0.3, -0.25) is 4.79 Å². The standard InChI is InChI=1S/C26H41NO2/c1-29-25(24-20-16-15-17-21-24)22-18-13-11-9-7-5-3-2-4-6-8-10-12-14-19-23-26(27)28/h2,4-5,7,15-17,20-21,25H,3,6,8-14,18-19,22-23H2,1H3,(H2,27,28)/b4-2-,7-5-. The third-order valence-corrected chi connectivity index (χ3v) is 5.19. The highest BCUT2D eigenvalue weighted by atomic mass is 16.5. The normalized spacial score (nSPS) is 12.7. The monoisotopic (exact) mass is 399 g/mol. The van der Waals surface area contributed by atoms with Crippen LogP contribution in [0.2, 0.25) is 0 Å². The Morgan fingerprint density at radius 3 is 2.07 bits per heavy atom. The molecule has 0 aromatic heterocycles. The lowest BCUT2D eigenvalue weighted by Crippen LogP contribution is -2.09. The number of methoxy groups -OCH3 is 1. The summed E-state index contributed by atoms with van der Waals surface area (Å²) in [4.78, 5) is 10.6. The fraction of sp³-hybridized carbons (Fsp3) is 0.577. The van der Waals surface area contributed by atoms with E-state index >= 15 is 0 Å². The number of unbranched alkanes of at least 4 members (excludes halogenated alkanes) is 8. The topological polar surface area (TPSA) is 52.3 Å². The SMILES string of the molecule is COC(CCCCC/C=C\C/C=C\CCCCCCCC(N)=O)c1ccccc1. The van der Waals surface area contributed by atoms with Crippen LogP contribution < -0.4 is 5.73 Å². The van der Waals surface area contributed by atoms with E-state index in [9.17, 15) is 4.79 Å². The first-order valence-electron chi connectivity index (χ1n) is 11.4. The van der Waals surface area contributed by atoms with Crippen molar-refractivity contribution < 1.29 is 9.53 Å². The van der Waals surface area contributed by atoms with Gasteiger partial charge in [-0.25, -0.2) is 0 Å². The summed E-state index contributed by atoms with van der Waals surface area (Å²) in [7, 11) is 1.81. The van der Waals surface area contributed by atoms with Crippen molar-refractivity contribution in [1.29, 1.82) is 0 Å². The van der Waals surface area contributed by atoms with Gasteiger partial charge in [-0.15, -0.1) is 0 Å². The molecule has 1 amide bonds. The average Bonchev–Trinajstić information content (AvgIpc) is 2.73. The second-order valence-electron chi connectivity index (χ2n) is 7.72. The molecule has 2 N–H and O–H groups in total. The molecule has 0 aliphatic rings. The smallest absolute Gasteiger partial charge is 0.217 e. The zero-order valence-corrected chi connectivity index (χ0v) is 18.4. The summed E-state index contributed by atoms with van der Waals surface area (Å²) in [5.41, 5.74) is 6.41. The van der Waals surface area contributed by atoms with Crippen molar-refractivity contribution >= 4 is 5.91 Å². The van der Waals surface area contributed by atoms with E-state index < -0.39 is 0 Å². The van der Waals surface area contributed by atoms with Crippen LogP contribution >= 0.6 is 0 Å². The van der Waals surface area contributed by atoms with Crippen molar-refractivity contribution in [3.8, 4) is 0 Å². The number of rotatable bonds is 18. The Hall–Kier alpha value is -1.87. The number of carbonyl (C=O) groups is 1. The highest BCUT2D eigenvalue weighted by Gasteiger charge is 2.08. The first kappa shape index (κ1) is 25.2. The lowest BCUT2D eigenvalue weighted by Gasteiger charge is -2.15. The molecule has 0 bridgehead atoms. The molecule has 0 radical (unpaired) electrons. The van der Waals surface area contributed by atoms with Gasteiger partial charge in [0.05, 0.1) is 6.10 Å². The van der Waals surface area contributed by atoms with E-state index in [0.717, 1.165) is 32.1 Å². The molecular weight excluding hydrogens is 358 g/mol. The van der Waals surface area contributed by atoms with E-state index in [1.54, 1.807) is 7.11 Å². The largest absolute Gasteiger partial charge is 0.377 e. The Bertz CT molecular complexity index is 565. The van der Waals surface area contributed by atoms with Crippen molar-refractivity contribution in [3.05, 3.63) is 60.2 Å². The number of ether oxygens (including phenoxy) is 1. The van der Waals surface area contributed by atoms with Crippen LogP contribution in [0.5, 0.6) is 0 Å². The van der Waals surface area contributed by atoms with E-state index in [4.69, 9.17) is 10.5 Å². The van der Waals surface area contributed by atoms with Gasteiger partial charge in [-0.2, -0.15) is 0 Å². The molecular formula is C26H41NO2. The highest BCUT2D eigenvalue weighted by Crippen LogP contribution is 2.23. The van der Waals surface area contributed by atoms with Crippen LogP contribution in [0.3, 0.4) is 0 Å². The van der Waals surface area contributed by atoms with E-state index in [1.165, 1.54) is 50.5 Å². The summed E-state index contributed by atoms with van der Waals surface area (Å²) in [6.45, 7) is 0. The number of hydrogen-bond donors (Lipinski definition) is 1. The van der Waals surface area contributed by atoms with Crippen LogP contribution in [0.1, 0.15) is 95.1 Å². The molecule has 1 aromatic carbocycles. The van der Waals surface area contributed by atoms with Gasteiger partial charge in [0.25, 0.3) is 0 Å². The fourth-order valence-electron chi connectivity index (χ4n) is 3.46. The average molecular weight is 400 g/mol. The molecule has 0 aliphatic heterocycles. The number of allylic oxidation sites excluding steroid dienone is 4. The van der Waals surface area contributed by atoms with E-state index in [2.05, 4.69) is 54.6 Å². The maximum atomic E-state index is 10.6. The van der Waals surface area contributed by atoms with E-state index in [-0.39, 0.29) is 12.0 Å². The van der Waals surface area contributed by atoms with E-state index in [0.29, 0.717) is 6.42 Å². The molecule has 1 unspecified atom stereocenters. The van der Waals surface area contributed by atoms with Crippen molar-refractivity contribution in [3.63, 3.8) is 0 Å². The Morgan fingerprint density at radius 1 is 0.862 bits per heavy atom. The van der Waals surface area contributed by atoms with E-state index in [1.807, 2.05) is 0 Å². The summed E-state index contributed by atoms with van der Waals surface area (Å²) in [6, 6.07) is 10.5. The maximum absolute atomic E-state index is 10.6. The minimum absolute atomic E-state index is 0.177. The van der Waals surface area contributed by atoms with Crippen LogP contribution in [-0.4, -0.2) is 13.0 Å². The molecule has 162 valence electrons. The molecule has 0 saturated carbocycles. The molecule has 0 heterocycles. The van der Waals surface area contributed by atoms with Crippen LogP contribution in [0.25, 0.3) is 0 Å². The Morgan fingerprint density at radius 2 is 1.45 bits per heavy atom. The fourth-order valence-corrected chi connectivity index (χ4v) is 3.46. The minimum atomic E-state index is -0.177. The molecule has 3 heteroatoms. The van der Waals surface area contributed by atoms with Crippen LogP contribution in [-0.2, 0) is 9.53 Å². The Kier molecular flexibility index (Phi) is 15.8. The number of benzene rings is 1. The molecule has 1 atom stereocenters. The maximum Gasteiger partial charge on any atom is 0.217 e. The number of carbonyl (C=O) groups excluding carboxylic acids is 1. The van der Waals surface area contributed by atoms with Gasteiger partial charge in [0.15, 0.2) is 0 Å². The molecule has 29 heavy (non-hydrogen) atoms. The lowest BCUT2D eigenvalue weighted by molar-refractivity contribution is -0.118. The minimum Gasteiger partial charge on any atom is -0.377 e. The molecule has 0 saturated heterocycles. The van der Waals surface area contributed by atoms with Gasteiger partial charge >= 0.3 is 0 Å². The predicted molar refractivity (Wildman–Crippen MR) is 124 cm³/mol. The van der Waals surface area contributed by atoms with Crippen LogP contribution in [0.4, 0.5) is 0 Å². The highest BCUT2D eigenvalue weighted by molar-refractivity contribution is 5.73. The van der Waals surface area contributed by atoms with Crippen LogP contribution in [0.15, 0.2) is 54.6 Å². The van der Waals surface area contributed by atoms with Gasteiger partial charge < -0.3 is 10.5 Å². The summed E-state index contributed by atoms with van der Waals surface area (Å²) in [6.07, 6.45) is 23.9. The zero-order valence-electron chi connectivity index (χ0n) is 18.4. The van der Waals surface area contributed by atoms with Gasteiger partial charge in [-0.1, -0.05) is 86.7 Å². The molecule has 0 fully saturated rings.